The molecule has 0 fully saturated rings. The van der Waals surface area contributed by atoms with Crippen molar-refractivity contribution in [3.63, 3.8) is 0 Å². The molecule has 0 N–H and O–H groups in total. The van der Waals surface area contributed by atoms with E-state index in [1.807, 2.05) is 32.0 Å². The summed E-state index contributed by atoms with van der Waals surface area (Å²) in [4.78, 5) is 11.4. The summed E-state index contributed by atoms with van der Waals surface area (Å²) in [6.45, 7) is 4.60. The van der Waals surface area contributed by atoms with Gasteiger partial charge >= 0.3 is 5.97 Å². The number of hydrogen-bond donors (Lipinski definition) is 0. The van der Waals surface area contributed by atoms with Gasteiger partial charge in [-0.15, -0.1) is 0 Å². The van der Waals surface area contributed by atoms with Crippen LogP contribution in [0.2, 0.25) is 0 Å². The molecule has 16 heavy (non-hydrogen) atoms. The number of hydrogen-bond acceptors (Lipinski definition) is 3. The Kier molecular flexibility index (Phi) is 2.62. The quantitative estimate of drug-likeness (QED) is 0.717. The van der Waals surface area contributed by atoms with Crippen molar-refractivity contribution in [1.82, 2.24) is 0 Å². The van der Waals surface area contributed by atoms with Crippen molar-refractivity contribution in [3.05, 3.63) is 29.3 Å². The first-order chi connectivity index (χ1) is 7.55. The summed E-state index contributed by atoms with van der Waals surface area (Å²) in [5, 5.41) is 0. The highest BCUT2D eigenvalue weighted by Crippen LogP contribution is 2.41. The number of ether oxygens (including phenoxy) is 2. The van der Waals surface area contributed by atoms with Gasteiger partial charge in [-0.05, 0) is 18.6 Å². The number of carbonyl (C=O) groups excluding carboxylic acids is 1. The molecule has 0 bridgehead atoms. The number of carbonyl (C=O) groups is 1. The van der Waals surface area contributed by atoms with Gasteiger partial charge in [-0.2, -0.15) is 0 Å². The van der Waals surface area contributed by atoms with Gasteiger partial charge in [-0.3, -0.25) is 4.79 Å². The molecule has 0 aliphatic carbocycles. The van der Waals surface area contributed by atoms with Crippen LogP contribution in [0.15, 0.2) is 18.2 Å². The monoisotopic (exact) mass is 220 g/mol. The number of fused-ring (bicyclic) bond motifs is 1. The van der Waals surface area contributed by atoms with E-state index in [0.717, 1.165) is 11.3 Å². The molecule has 2 rings (SSSR count). The lowest BCUT2D eigenvalue weighted by Gasteiger charge is -2.20. The van der Waals surface area contributed by atoms with Crippen molar-refractivity contribution in [2.45, 2.75) is 25.7 Å². The van der Waals surface area contributed by atoms with Crippen LogP contribution in [0.4, 0.5) is 0 Å². The van der Waals surface area contributed by atoms with Crippen LogP contribution in [0.3, 0.4) is 0 Å². The maximum atomic E-state index is 11.4. The van der Waals surface area contributed by atoms with Crippen LogP contribution in [0.1, 0.15) is 24.5 Å². The van der Waals surface area contributed by atoms with Gasteiger partial charge in [0.05, 0.1) is 20.1 Å². The van der Waals surface area contributed by atoms with Crippen molar-refractivity contribution < 1.29 is 14.3 Å². The van der Waals surface area contributed by atoms with Gasteiger partial charge in [0.1, 0.15) is 5.75 Å². The van der Waals surface area contributed by atoms with Gasteiger partial charge in [0, 0.05) is 11.0 Å². The van der Waals surface area contributed by atoms with Crippen molar-refractivity contribution >= 4 is 5.97 Å². The first-order valence-corrected chi connectivity index (χ1v) is 5.36. The van der Waals surface area contributed by atoms with Crippen molar-refractivity contribution in [2.24, 2.45) is 0 Å². The van der Waals surface area contributed by atoms with E-state index in [1.165, 1.54) is 12.7 Å². The molecule has 0 spiro atoms. The average Bonchev–Trinajstić information content (AvgIpc) is 2.55. The lowest BCUT2D eigenvalue weighted by Crippen LogP contribution is -2.27. The van der Waals surface area contributed by atoms with E-state index in [-0.39, 0.29) is 11.4 Å². The van der Waals surface area contributed by atoms with Gasteiger partial charge in [-0.1, -0.05) is 19.1 Å². The highest BCUT2D eigenvalue weighted by Gasteiger charge is 2.38. The highest BCUT2D eigenvalue weighted by molar-refractivity contribution is 5.72. The number of methoxy groups -OCH3 is 1. The Bertz CT molecular complexity index is 425. The van der Waals surface area contributed by atoms with Crippen LogP contribution in [0.25, 0.3) is 0 Å². The lowest BCUT2D eigenvalue weighted by molar-refractivity contribution is -0.142. The van der Waals surface area contributed by atoms with Crippen LogP contribution in [-0.2, 0) is 14.9 Å². The summed E-state index contributed by atoms with van der Waals surface area (Å²) in [5.74, 6) is 0.700. The molecule has 0 aromatic heterocycles. The third kappa shape index (κ3) is 1.77. The third-order valence-electron chi connectivity index (χ3n) is 3.10. The third-order valence-corrected chi connectivity index (χ3v) is 3.10. The molecule has 1 aromatic rings. The SMILES string of the molecule is COC(=O)C[C@@]1(C)COc2cc(C)ccc21. The smallest absolute Gasteiger partial charge is 0.306 e. The molecule has 0 unspecified atom stereocenters. The van der Waals surface area contributed by atoms with Gasteiger partial charge in [0.2, 0.25) is 0 Å². The molecule has 1 aliphatic rings. The maximum absolute atomic E-state index is 11.4. The minimum atomic E-state index is -0.254. The van der Waals surface area contributed by atoms with Gasteiger partial charge in [0.25, 0.3) is 0 Å². The Labute approximate surface area is 95.4 Å². The normalized spacial score (nSPS) is 22.4. The fraction of sp³-hybridized carbons (Fsp3) is 0.462. The zero-order valence-electron chi connectivity index (χ0n) is 9.87. The van der Waals surface area contributed by atoms with Crippen LogP contribution in [-0.4, -0.2) is 19.7 Å². The fourth-order valence-electron chi connectivity index (χ4n) is 2.10. The standard InChI is InChI=1S/C13H16O3/c1-9-4-5-10-11(6-9)16-8-13(10,2)7-12(14)15-3/h4-6H,7-8H2,1-3H3/t13-/m0/s1. The summed E-state index contributed by atoms with van der Waals surface area (Å²) in [5.41, 5.74) is 2.01. The van der Waals surface area contributed by atoms with Crippen molar-refractivity contribution in [3.8, 4) is 5.75 Å². The first kappa shape index (κ1) is 11.0. The molecule has 0 radical (unpaired) electrons. The second-order valence-electron chi connectivity index (χ2n) is 4.60. The zero-order valence-corrected chi connectivity index (χ0v) is 9.87. The van der Waals surface area contributed by atoms with E-state index in [9.17, 15) is 4.79 Å². The minimum Gasteiger partial charge on any atom is -0.492 e. The molecule has 0 amide bonds. The Hall–Kier alpha value is -1.51. The van der Waals surface area contributed by atoms with Crippen LogP contribution < -0.4 is 4.74 Å². The van der Waals surface area contributed by atoms with Gasteiger partial charge in [0.15, 0.2) is 0 Å². The Morgan fingerprint density at radius 3 is 3.00 bits per heavy atom. The molecule has 0 saturated heterocycles. The summed E-state index contributed by atoms with van der Waals surface area (Å²) < 4.78 is 10.4. The Balaban J connectivity index is 2.31. The molecule has 1 aliphatic heterocycles. The predicted octanol–water partition coefficient (Wildman–Crippen LogP) is 2.21. The van der Waals surface area contributed by atoms with E-state index in [4.69, 9.17) is 9.47 Å². The molecular weight excluding hydrogens is 204 g/mol. The van der Waals surface area contributed by atoms with Gasteiger partial charge < -0.3 is 9.47 Å². The number of esters is 1. The molecule has 1 heterocycles. The van der Waals surface area contributed by atoms with Crippen molar-refractivity contribution in [1.29, 1.82) is 0 Å². The number of rotatable bonds is 2. The second kappa shape index (κ2) is 3.81. The predicted molar refractivity (Wildman–Crippen MR) is 60.7 cm³/mol. The molecule has 3 heteroatoms. The summed E-state index contributed by atoms with van der Waals surface area (Å²) >= 11 is 0. The molecular formula is C13H16O3. The average molecular weight is 220 g/mol. The largest absolute Gasteiger partial charge is 0.492 e. The van der Waals surface area contributed by atoms with E-state index in [2.05, 4.69) is 0 Å². The van der Waals surface area contributed by atoms with E-state index < -0.39 is 0 Å². The van der Waals surface area contributed by atoms with Gasteiger partial charge in [-0.25, -0.2) is 0 Å². The van der Waals surface area contributed by atoms with Crippen molar-refractivity contribution in [2.75, 3.05) is 13.7 Å². The zero-order chi connectivity index (χ0) is 11.8. The lowest BCUT2D eigenvalue weighted by atomic mass is 9.81. The minimum absolute atomic E-state index is 0.195. The Morgan fingerprint density at radius 2 is 2.31 bits per heavy atom. The molecule has 1 aromatic carbocycles. The summed E-state index contributed by atoms with van der Waals surface area (Å²) in [6.07, 6.45) is 0.361. The summed E-state index contributed by atoms with van der Waals surface area (Å²) in [6, 6.07) is 6.10. The fourth-order valence-corrected chi connectivity index (χ4v) is 2.10. The van der Waals surface area contributed by atoms with E-state index >= 15 is 0 Å². The molecule has 86 valence electrons. The molecule has 0 saturated carbocycles. The Morgan fingerprint density at radius 1 is 1.56 bits per heavy atom. The van der Waals surface area contributed by atoms with Crippen LogP contribution in [0, 0.1) is 6.92 Å². The highest BCUT2D eigenvalue weighted by atomic mass is 16.5. The second-order valence-corrected chi connectivity index (χ2v) is 4.60. The molecule has 3 nitrogen and oxygen atoms in total. The van der Waals surface area contributed by atoms with Crippen LogP contribution >= 0.6 is 0 Å². The first-order valence-electron chi connectivity index (χ1n) is 5.36. The maximum Gasteiger partial charge on any atom is 0.306 e. The summed E-state index contributed by atoms with van der Waals surface area (Å²) in [7, 11) is 1.41. The number of aryl methyl sites for hydroxylation is 1. The van der Waals surface area contributed by atoms with E-state index in [1.54, 1.807) is 0 Å². The number of benzene rings is 1. The van der Waals surface area contributed by atoms with E-state index in [0.29, 0.717) is 13.0 Å². The van der Waals surface area contributed by atoms with Crippen LogP contribution in [0.5, 0.6) is 5.75 Å². The topological polar surface area (TPSA) is 35.5 Å². The molecule has 1 atom stereocenters.